The molecule has 2 rings (SSSR count). The van der Waals surface area contributed by atoms with Crippen molar-refractivity contribution in [3.63, 3.8) is 0 Å². The predicted octanol–water partition coefficient (Wildman–Crippen LogP) is 4.91. The van der Waals surface area contributed by atoms with Gasteiger partial charge in [0.25, 0.3) is 15.9 Å². The van der Waals surface area contributed by atoms with Crippen LogP contribution in [0.5, 0.6) is 0 Å². The Kier molecular flexibility index (Phi) is 7.52. The van der Waals surface area contributed by atoms with E-state index >= 15 is 0 Å². The molecule has 1 N–H and O–H groups in total. The number of hydrogen-bond donors (Lipinski definition) is 1. The molecule has 0 saturated carbocycles. The topological polar surface area (TPSA) is 66.5 Å². The maximum atomic E-state index is 12.8. The number of sulfonamides is 1. The molecule has 2 aromatic rings. The minimum Gasteiger partial charge on any atom is -0.330 e. The van der Waals surface area contributed by atoms with Crippen LogP contribution >= 0.6 is 0 Å². The van der Waals surface area contributed by atoms with Gasteiger partial charge in [0.05, 0.1) is 4.90 Å². The van der Waals surface area contributed by atoms with E-state index in [-0.39, 0.29) is 22.7 Å². The molecule has 164 valence electrons. The quantitative estimate of drug-likeness (QED) is 0.632. The van der Waals surface area contributed by atoms with Gasteiger partial charge in [-0.3, -0.25) is 9.52 Å². The zero-order valence-corrected chi connectivity index (χ0v) is 17.9. The van der Waals surface area contributed by atoms with Gasteiger partial charge in [-0.1, -0.05) is 19.4 Å². The summed E-state index contributed by atoms with van der Waals surface area (Å²) in [4.78, 5) is 13.4. The van der Waals surface area contributed by atoms with Crippen LogP contribution in [0.25, 0.3) is 0 Å². The van der Waals surface area contributed by atoms with Crippen molar-refractivity contribution >= 4 is 21.6 Å². The van der Waals surface area contributed by atoms with Crippen molar-refractivity contribution in [2.45, 2.75) is 44.7 Å². The normalized spacial score (nSPS) is 11.9. The number of benzene rings is 2. The zero-order valence-electron chi connectivity index (χ0n) is 17.1. The van der Waals surface area contributed by atoms with Gasteiger partial charge < -0.3 is 4.90 Å². The van der Waals surface area contributed by atoms with E-state index in [0.717, 1.165) is 16.0 Å². The van der Waals surface area contributed by atoms with Crippen molar-refractivity contribution in [1.29, 1.82) is 0 Å². The number of hydrogen-bond acceptors (Lipinski definition) is 3. The van der Waals surface area contributed by atoms with E-state index in [9.17, 15) is 26.4 Å². The van der Waals surface area contributed by atoms with E-state index in [2.05, 4.69) is 4.72 Å². The summed E-state index contributed by atoms with van der Waals surface area (Å²) < 4.78 is 65.9. The van der Waals surface area contributed by atoms with Crippen LogP contribution in [0.1, 0.15) is 41.3 Å². The fraction of sp³-hybridized carbons (Fsp3) is 0.381. The van der Waals surface area contributed by atoms with E-state index in [1.54, 1.807) is 19.1 Å². The summed E-state index contributed by atoms with van der Waals surface area (Å²) in [5.74, 6) is -0.746. The third-order valence-corrected chi connectivity index (χ3v) is 5.99. The Morgan fingerprint density at radius 1 is 1.03 bits per heavy atom. The molecule has 0 aliphatic carbocycles. The number of rotatable bonds is 8. The average molecular weight is 443 g/mol. The second kappa shape index (κ2) is 9.51. The first-order valence-electron chi connectivity index (χ1n) is 9.49. The van der Waals surface area contributed by atoms with Gasteiger partial charge in [0.1, 0.15) is 6.54 Å². The monoisotopic (exact) mass is 442 g/mol. The third kappa shape index (κ3) is 6.48. The highest BCUT2D eigenvalue weighted by molar-refractivity contribution is 7.92. The van der Waals surface area contributed by atoms with Crippen LogP contribution in [0.2, 0.25) is 0 Å². The first-order valence-corrected chi connectivity index (χ1v) is 11.0. The molecule has 0 saturated heterocycles. The molecule has 0 fully saturated rings. The number of unbranched alkanes of at least 4 members (excludes halogenated alkanes) is 1. The Morgan fingerprint density at radius 3 is 2.20 bits per heavy atom. The Morgan fingerprint density at radius 2 is 1.67 bits per heavy atom. The van der Waals surface area contributed by atoms with Crippen LogP contribution in [0.4, 0.5) is 18.9 Å². The van der Waals surface area contributed by atoms with Gasteiger partial charge >= 0.3 is 6.18 Å². The molecular formula is C21H25F3N2O3S. The zero-order chi connectivity index (χ0) is 22.5. The van der Waals surface area contributed by atoms with Crippen molar-refractivity contribution in [1.82, 2.24) is 4.90 Å². The second-order valence-electron chi connectivity index (χ2n) is 7.12. The van der Waals surface area contributed by atoms with Gasteiger partial charge in [0, 0.05) is 17.8 Å². The third-order valence-electron chi connectivity index (χ3n) is 4.61. The van der Waals surface area contributed by atoms with Crippen LogP contribution in [-0.4, -0.2) is 38.5 Å². The molecule has 0 radical (unpaired) electrons. The molecular weight excluding hydrogens is 417 g/mol. The lowest BCUT2D eigenvalue weighted by atomic mass is 10.1. The van der Waals surface area contributed by atoms with Gasteiger partial charge in [-0.15, -0.1) is 0 Å². The number of alkyl halides is 3. The van der Waals surface area contributed by atoms with E-state index in [1.165, 1.54) is 30.3 Å². The van der Waals surface area contributed by atoms with Gasteiger partial charge in [0.15, 0.2) is 0 Å². The van der Waals surface area contributed by atoms with Gasteiger partial charge in [0.2, 0.25) is 0 Å². The second-order valence-corrected chi connectivity index (χ2v) is 8.81. The van der Waals surface area contributed by atoms with Gasteiger partial charge in [-0.05, 0) is 67.8 Å². The van der Waals surface area contributed by atoms with Crippen molar-refractivity contribution in [3.05, 3.63) is 59.2 Å². The SMILES string of the molecule is CCCCN(CC(F)(F)F)C(=O)c1ccc(NS(=O)(=O)c2ccc(C)c(C)c2)cc1. The molecule has 0 unspecified atom stereocenters. The summed E-state index contributed by atoms with van der Waals surface area (Å²) in [6.07, 6.45) is -3.39. The first kappa shape index (κ1) is 23.7. The molecule has 5 nitrogen and oxygen atoms in total. The van der Waals surface area contributed by atoms with Crippen LogP contribution in [0.3, 0.4) is 0 Å². The summed E-state index contributed by atoms with van der Waals surface area (Å²) >= 11 is 0. The number of anilines is 1. The number of amides is 1. The van der Waals surface area contributed by atoms with Crippen LogP contribution in [0.15, 0.2) is 47.4 Å². The number of carbonyl (C=O) groups is 1. The summed E-state index contributed by atoms with van der Waals surface area (Å²) in [5, 5.41) is 0. The predicted molar refractivity (Wildman–Crippen MR) is 110 cm³/mol. The summed E-state index contributed by atoms with van der Waals surface area (Å²) in [6.45, 7) is 4.17. The molecule has 0 atom stereocenters. The molecule has 30 heavy (non-hydrogen) atoms. The molecule has 0 heterocycles. The van der Waals surface area contributed by atoms with E-state index in [4.69, 9.17) is 0 Å². The number of carbonyl (C=O) groups excluding carboxylic acids is 1. The van der Waals surface area contributed by atoms with Crippen molar-refractivity contribution in [2.24, 2.45) is 0 Å². The standard InChI is InChI=1S/C21H25F3N2O3S/c1-4-5-12-26(14-21(22,23)24)20(27)17-7-9-18(10-8-17)25-30(28,29)19-11-6-15(2)16(3)13-19/h6-11,13,25H,4-5,12,14H2,1-3H3. The van der Waals surface area contributed by atoms with Crippen molar-refractivity contribution in [2.75, 3.05) is 17.8 Å². The van der Waals surface area contributed by atoms with Crippen LogP contribution in [-0.2, 0) is 10.0 Å². The van der Waals surface area contributed by atoms with Gasteiger partial charge in [-0.25, -0.2) is 8.42 Å². The molecule has 1 amide bonds. The maximum Gasteiger partial charge on any atom is 0.406 e. The summed E-state index contributed by atoms with van der Waals surface area (Å²) in [7, 11) is -3.83. The molecule has 9 heteroatoms. The average Bonchev–Trinajstić information content (AvgIpc) is 2.66. The highest BCUT2D eigenvalue weighted by Crippen LogP contribution is 2.21. The van der Waals surface area contributed by atoms with Crippen molar-refractivity contribution < 1.29 is 26.4 Å². The summed E-state index contributed by atoms with van der Waals surface area (Å²) in [6, 6.07) is 10.1. The van der Waals surface area contributed by atoms with E-state index in [1.807, 2.05) is 13.8 Å². The minimum atomic E-state index is -4.49. The lowest BCUT2D eigenvalue weighted by Gasteiger charge is -2.24. The Labute approximate surface area is 175 Å². The maximum absolute atomic E-state index is 12.8. The number of nitrogens with one attached hydrogen (secondary N) is 1. The molecule has 0 aliphatic heterocycles. The lowest BCUT2D eigenvalue weighted by Crippen LogP contribution is -2.39. The highest BCUT2D eigenvalue weighted by atomic mass is 32.2. The van der Waals surface area contributed by atoms with Crippen LogP contribution in [0, 0.1) is 13.8 Å². The Bertz CT molecular complexity index is 988. The van der Waals surface area contributed by atoms with Gasteiger partial charge in [-0.2, -0.15) is 13.2 Å². The van der Waals surface area contributed by atoms with E-state index < -0.39 is 28.7 Å². The molecule has 0 aliphatic rings. The van der Waals surface area contributed by atoms with E-state index in [0.29, 0.717) is 12.8 Å². The highest BCUT2D eigenvalue weighted by Gasteiger charge is 2.33. The number of nitrogens with zero attached hydrogens (tertiary/aromatic N) is 1. The first-order chi connectivity index (χ1) is 13.9. The lowest BCUT2D eigenvalue weighted by molar-refractivity contribution is -0.140. The minimum absolute atomic E-state index is 0.00397. The molecule has 0 spiro atoms. The number of aryl methyl sites for hydroxylation is 2. The fourth-order valence-electron chi connectivity index (χ4n) is 2.78. The fourth-order valence-corrected chi connectivity index (χ4v) is 3.92. The van der Waals surface area contributed by atoms with Crippen molar-refractivity contribution in [3.8, 4) is 0 Å². The van der Waals surface area contributed by atoms with Crippen LogP contribution < -0.4 is 4.72 Å². The summed E-state index contributed by atoms with van der Waals surface area (Å²) in [5.41, 5.74) is 2.06. The molecule has 0 aromatic heterocycles. The smallest absolute Gasteiger partial charge is 0.330 e. The number of halogens is 3. The Hall–Kier alpha value is -2.55. The molecule has 0 bridgehead atoms. The molecule has 2 aromatic carbocycles. The Balaban J connectivity index is 2.18. The largest absolute Gasteiger partial charge is 0.406 e.